The van der Waals surface area contributed by atoms with Crippen molar-refractivity contribution in [2.45, 2.75) is 6.42 Å². The molecule has 0 aliphatic carbocycles. The van der Waals surface area contributed by atoms with Gasteiger partial charge in [0.2, 0.25) is 0 Å². The highest BCUT2D eigenvalue weighted by Crippen LogP contribution is 2.26. The molecule has 1 aromatic carbocycles. The number of rotatable bonds is 5. The molecule has 0 atom stereocenters. The summed E-state index contributed by atoms with van der Waals surface area (Å²) in [6.07, 6.45) is -0.128. The Balaban J connectivity index is 2.49. The Bertz CT molecular complexity index is 451. The molecule has 0 unspecified atom stereocenters. The van der Waals surface area contributed by atoms with Crippen molar-refractivity contribution >= 4 is 29.3 Å². The van der Waals surface area contributed by atoms with Crippen LogP contribution in [0.5, 0.6) is 5.75 Å². The van der Waals surface area contributed by atoms with Crippen LogP contribution in [0.15, 0.2) is 18.2 Å². The summed E-state index contributed by atoms with van der Waals surface area (Å²) < 4.78 is 4.97. The quantitative estimate of drug-likeness (QED) is 0.764. The fourth-order valence-corrected chi connectivity index (χ4v) is 1.46. The van der Waals surface area contributed by atoms with E-state index in [0.717, 1.165) is 0 Å². The van der Waals surface area contributed by atoms with Crippen LogP contribution in [0.25, 0.3) is 0 Å². The van der Waals surface area contributed by atoms with Gasteiger partial charge in [0.1, 0.15) is 5.75 Å². The lowest BCUT2D eigenvalue weighted by Crippen LogP contribution is -2.30. The monoisotopic (exact) mass is 272 g/mol. The van der Waals surface area contributed by atoms with E-state index < -0.39 is 12.0 Å². The van der Waals surface area contributed by atoms with Gasteiger partial charge >= 0.3 is 12.0 Å². The second-order valence-corrected chi connectivity index (χ2v) is 3.78. The van der Waals surface area contributed by atoms with Crippen LogP contribution in [-0.4, -0.2) is 30.8 Å². The Morgan fingerprint density at radius 1 is 1.44 bits per heavy atom. The number of urea groups is 1. The Labute approximate surface area is 109 Å². The highest BCUT2D eigenvalue weighted by atomic mass is 35.5. The van der Waals surface area contributed by atoms with Crippen molar-refractivity contribution in [3.63, 3.8) is 0 Å². The predicted molar refractivity (Wildman–Crippen MR) is 67.3 cm³/mol. The van der Waals surface area contributed by atoms with Gasteiger partial charge in [-0.2, -0.15) is 0 Å². The van der Waals surface area contributed by atoms with E-state index >= 15 is 0 Å². The third-order valence-electron chi connectivity index (χ3n) is 2.03. The molecule has 0 fully saturated rings. The highest BCUT2D eigenvalue weighted by Gasteiger charge is 2.05. The third kappa shape index (κ3) is 4.50. The first kappa shape index (κ1) is 14.1. The lowest BCUT2D eigenvalue weighted by atomic mass is 10.3. The topological polar surface area (TPSA) is 87.7 Å². The molecule has 1 aromatic rings. The average Bonchev–Trinajstić information content (AvgIpc) is 2.28. The maximum absolute atomic E-state index is 11.4. The minimum absolute atomic E-state index is 0.0606. The molecular weight excluding hydrogens is 260 g/mol. The van der Waals surface area contributed by atoms with Crippen molar-refractivity contribution in [3.8, 4) is 5.75 Å². The fourth-order valence-electron chi connectivity index (χ4n) is 1.20. The second-order valence-electron chi connectivity index (χ2n) is 3.37. The van der Waals surface area contributed by atoms with Crippen LogP contribution in [0.4, 0.5) is 10.5 Å². The number of carbonyl (C=O) groups excluding carboxylic acids is 1. The van der Waals surface area contributed by atoms with Crippen molar-refractivity contribution in [3.05, 3.63) is 23.2 Å². The molecule has 0 saturated carbocycles. The first-order valence-corrected chi connectivity index (χ1v) is 5.51. The van der Waals surface area contributed by atoms with Crippen LogP contribution in [-0.2, 0) is 4.79 Å². The summed E-state index contributed by atoms with van der Waals surface area (Å²) in [4.78, 5) is 21.6. The molecule has 1 rings (SSSR count). The first-order chi connectivity index (χ1) is 8.52. The lowest BCUT2D eigenvalue weighted by molar-refractivity contribution is -0.136. The van der Waals surface area contributed by atoms with E-state index in [9.17, 15) is 9.59 Å². The number of carboxylic acids is 1. The van der Waals surface area contributed by atoms with Crippen molar-refractivity contribution in [1.82, 2.24) is 5.32 Å². The van der Waals surface area contributed by atoms with Gasteiger partial charge in [0.15, 0.2) is 0 Å². The molecule has 0 heterocycles. The summed E-state index contributed by atoms with van der Waals surface area (Å²) in [6, 6.07) is 4.30. The first-order valence-electron chi connectivity index (χ1n) is 5.13. The van der Waals surface area contributed by atoms with Gasteiger partial charge in [0.25, 0.3) is 0 Å². The Kier molecular flexibility index (Phi) is 5.26. The van der Waals surface area contributed by atoms with Crippen LogP contribution >= 0.6 is 11.6 Å². The van der Waals surface area contributed by atoms with Gasteiger partial charge in [-0.05, 0) is 18.2 Å². The smallest absolute Gasteiger partial charge is 0.319 e. The predicted octanol–water partition coefficient (Wildman–Crippen LogP) is 1.94. The number of hydrogen-bond donors (Lipinski definition) is 3. The minimum atomic E-state index is -0.970. The van der Waals surface area contributed by atoms with Crippen molar-refractivity contribution in [1.29, 1.82) is 0 Å². The van der Waals surface area contributed by atoms with Gasteiger partial charge in [0.05, 0.1) is 18.6 Å². The zero-order valence-corrected chi connectivity index (χ0v) is 10.5. The summed E-state index contributed by atoms with van der Waals surface area (Å²) >= 11 is 5.88. The number of halogens is 1. The third-order valence-corrected chi connectivity index (χ3v) is 2.33. The van der Waals surface area contributed by atoms with Crippen LogP contribution in [0.3, 0.4) is 0 Å². The van der Waals surface area contributed by atoms with Crippen molar-refractivity contribution in [2.24, 2.45) is 0 Å². The van der Waals surface area contributed by atoms with Crippen LogP contribution < -0.4 is 15.4 Å². The molecule has 0 saturated heterocycles. The van der Waals surface area contributed by atoms with Crippen molar-refractivity contribution in [2.75, 3.05) is 19.0 Å². The lowest BCUT2D eigenvalue weighted by Gasteiger charge is -2.08. The van der Waals surface area contributed by atoms with Crippen LogP contribution in [0.2, 0.25) is 5.02 Å². The second kappa shape index (κ2) is 6.70. The number of hydrogen-bond acceptors (Lipinski definition) is 3. The summed E-state index contributed by atoms with van der Waals surface area (Å²) in [5.41, 5.74) is 0.494. The van der Waals surface area contributed by atoms with Gasteiger partial charge < -0.3 is 20.5 Å². The molecule has 7 heteroatoms. The van der Waals surface area contributed by atoms with E-state index in [4.69, 9.17) is 21.4 Å². The van der Waals surface area contributed by atoms with E-state index in [1.54, 1.807) is 12.1 Å². The number of carbonyl (C=O) groups is 2. The molecule has 0 spiro atoms. The number of amides is 2. The molecule has 6 nitrogen and oxygen atoms in total. The molecule has 0 radical (unpaired) electrons. The maximum atomic E-state index is 11.4. The molecule has 2 amide bonds. The van der Waals surface area contributed by atoms with Gasteiger partial charge in [-0.15, -0.1) is 0 Å². The van der Waals surface area contributed by atoms with Gasteiger partial charge in [-0.1, -0.05) is 11.6 Å². The molecular formula is C11H13ClN2O4. The standard InChI is InChI=1S/C11H13ClN2O4/c1-18-9-3-2-7(6-8(9)12)14-11(17)13-5-4-10(15)16/h2-3,6H,4-5H2,1H3,(H,15,16)(H2,13,14,17). The summed E-state index contributed by atoms with van der Waals surface area (Å²) in [5.74, 6) is -0.462. The number of carboxylic acid groups (broad SMARTS) is 1. The Morgan fingerprint density at radius 3 is 2.72 bits per heavy atom. The number of nitrogens with one attached hydrogen (secondary N) is 2. The van der Waals surface area contributed by atoms with Gasteiger partial charge in [-0.3, -0.25) is 4.79 Å². The van der Waals surface area contributed by atoms with Crippen molar-refractivity contribution < 1.29 is 19.4 Å². The summed E-state index contributed by atoms with van der Waals surface area (Å²) in [5, 5.41) is 13.7. The molecule has 0 aromatic heterocycles. The average molecular weight is 273 g/mol. The summed E-state index contributed by atoms with van der Waals surface area (Å²) in [6.45, 7) is 0.0606. The number of anilines is 1. The Hall–Kier alpha value is -1.95. The molecule has 3 N–H and O–H groups in total. The normalized spacial score (nSPS) is 9.67. The Morgan fingerprint density at radius 2 is 2.17 bits per heavy atom. The molecule has 18 heavy (non-hydrogen) atoms. The SMILES string of the molecule is COc1ccc(NC(=O)NCCC(=O)O)cc1Cl. The van der Waals surface area contributed by atoms with E-state index in [-0.39, 0.29) is 13.0 Å². The minimum Gasteiger partial charge on any atom is -0.495 e. The fraction of sp³-hybridized carbons (Fsp3) is 0.273. The molecule has 0 aliphatic rings. The largest absolute Gasteiger partial charge is 0.495 e. The number of methoxy groups -OCH3 is 1. The van der Waals surface area contributed by atoms with E-state index in [1.165, 1.54) is 13.2 Å². The summed E-state index contributed by atoms with van der Waals surface area (Å²) in [7, 11) is 1.49. The van der Waals surface area contributed by atoms with Crippen LogP contribution in [0.1, 0.15) is 6.42 Å². The van der Waals surface area contributed by atoms with Gasteiger partial charge in [0, 0.05) is 12.2 Å². The van der Waals surface area contributed by atoms with Gasteiger partial charge in [-0.25, -0.2) is 4.79 Å². The van der Waals surface area contributed by atoms with E-state index in [2.05, 4.69) is 10.6 Å². The number of ether oxygens (including phenoxy) is 1. The molecule has 98 valence electrons. The number of aliphatic carboxylic acids is 1. The van der Waals surface area contributed by atoms with E-state index in [0.29, 0.717) is 16.5 Å². The maximum Gasteiger partial charge on any atom is 0.319 e. The zero-order chi connectivity index (χ0) is 13.5. The molecule has 0 bridgehead atoms. The zero-order valence-electron chi connectivity index (χ0n) is 9.70. The van der Waals surface area contributed by atoms with Crippen LogP contribution in [0, 0.1) is 0 Å². The highest BCUT2D eigenvalue weighted by molar-refractivity contribution is 6.32. The molecule has 0 aliphatic heterocycles. The van der Waals surface area contributed by atoms with E-state index in [1.807, 2.05) is 0 Å². The number of benzene rings is 1.